The zero-order valence-electron chi connectivity index (χ0n) is 34.0. The summed E-state index contributed by atoms with van der Waals surface area (Å²) < 4.78 is 78.3. The van der Waals surface area contributed by atoms with E-state index in [4.69, 9.17) is 9.47 Å². The number of hydrogen-bond acceptors (Lipinski definition) is 6. The molecule has 60 heavy (non-hydrogen) atoms. The van der Waals surface area contributed by atoms with Crippen molar-refractivity contribution in [1.82, 2.24) is 9.97 Å². The van der Waals surface area contributed by atoms with E-state index >= 15 is 17.6 Å². The number of aliphatic hydroxyl groups excluding tert-OH is 2. The van der Waals surface area contributed by atoms with Crippen LogP contribution in [0.1, 0.15) is 60.1 Å². The van der Waals surface area contributed by atoms with E-state index in [1.54, 1.807) is 50.9 Å². The number of halogens is 4. The van der Waals surface area contributed by atoms with Crippen molar-refractivity contribution in [2.24, 2.45) is 23.7 Å². The summed E-state index contributed by atoms with van der Waals surface area (Å²) in [5.41, 5.74) is 1.19. The van der Waals surface area contributed by atoms with Crippen LogP contribution in [-0.2, 0) is 13.1 Å². The zero-order valence-corrected chi connectivity index (χ0v) is 34.0. The first-order valence-corrected chi connectivity index (χ1v) is 21.0. The van der Waals surface area contributed by atoms with Gasteiger partial charge in [0.25, 0.3) is 0 Å². The maximum absolute atomic E-state index is 16.8. The molecule has 6 fully saturated rings. The van der Waals surface area contributed by atoms with Crippen molar-refractivity contribution in [2.75, 3.05) is 40.4 Å². The van der Waals surface area contributed by atoms with E-state index in [0.29, 0.717) is 96.3 Å². The Morgan fingerprint density at radius 2 is 1.07 bits per heavy atom. The van der Waals surface area contributed by atoms with Crippen LogP contribution in [0, 0.1) is 46.9 Å². The average molecular weight is 825 g/mol. The molecule has 314 valence electrons. The number of rotatable bonds is 12. The minimum absolute atomic E-state index is 0.00540. The summed E-state index contributed by atoms with van der Waals surface area (Å²) in [6.07, 6.45) is 7.30. The van der Waals surface area contributed by atoms with Gasteiger partial charge in [0.1, 0.15) is 48.9 Å². The van der Waals surface area contributed by atoms with E-state index in [2.05, 4.69) is 23.1 Å². The minimum Gasteiger partial charge on any atom is -0.497 e. The molecule has 5 aromatic rings. The largest absolute Gasteiger partial charge is 0.497 e. The fourth-order valence-electron chi connectivity index (χ4n) is 11.9. The molecule has 0 unspecified atom stereocenters. The number of nitrogens with zero attached hydrogens (tertiary/aromatic N) is 4. The molecule has 6 saturated heterocycles. The van der Waals surface area contributed by atoms with Crippen molar-refractivity contribution in [3.8, 4) is 11.5 Å². The number of benzene rings is 3. The van der Waals surface area contributed by atoms with Crippen LogP contribution < -0.4 is 9.47 Å². The van der Waals surface area contributed by atoms with Gasteiger partial charge in [-0.2, -0.15) is 0 Å². The molecule has 0 aliphatic carbocycles. The fraction of sp³-hybridized carbons (Fsp3) is 0.417. The van der Waals surface area contributed by atoms with Crippen molar-refractivity contribution in [3.05, 3.63) is 132 Å². The first-order valence-electron chi connectivity index (χ1n) is 21.0. The summed E-state index contributed by atoms with van der Waals surface area (Å²) >= 11 is 0. The van der Waals surface area contributed by atoms with Gasteiger partial charge in [0.2, 0.25) is 0 Å². The van der Waals surface area contributed by atoms with E-state index in [1.165, 1.54) is 0 Å². The molecule has 0 spiro atoms. The number of piperidine rings is 6. The second-order valence-corrected chi connectivity index (χ2v) is 17.7. The van der Waals surface area contributed by atoms with Crippen molar-refractivity contribution in [2.45, 2.75) is 63.1 Å². The van der Waals surface area contributed by atoms with Crippen molar-refractivity contribution < 1.29 is 46.2 Å². The second kappa shape index (κ2) is 15.5. The Kier molecular flexibility index (Phi) is 10.5. The number of quaternary nitrogens is 2. The summed E-state index contributed by atoms with van der Waals surface area (Å²) in [4.78, 5) is 8.94. The van der Waals surface area contributed by atoms with Gasteiger partial charge in [0.05, 0.1) is 62.6 Å². The maximum atomic E-state index is 16.8. The van der Waals surface area contributed by atoms with E-state index in [-0.39, 0.29) is 45.7 Å². The van der Waals surface area contributed by atoms with Crippen molar-refractivity contribution in [1.29, 1.82) is 0 Å². The molecule has 0 amide bonds. The third-order valence-corrected chi connectivity index (χ3v) is 15.1. The Morgan fingerprint density at radius 3 is 1.43 bits per heavy atom. The van der Waals surface area contributed by atoms with Crippen LogP contribution in [0.5, 0.6) is 11.5 Å². The van der Waals surface area contributed by atoms with Gasteiger partial charge in [0.15, 0.2) is 23.3 Å². The highest BCUT2D eigenvalue weighted by molar-refractivity contribution is 5.84. The number of hydrogen-bond donors (Lipinski definition) is 2. The first-order chi connectivity index (χ1) is 28.9. The lowest BCUT2D eigenvalue weighted by molar-refractivity contribution is -0.985. The highest BCUT2D eigenvalue weighted by Gasteiger charge is 2.57. The van der Waals surface area contributed by atoms with Crippen LogP contribution >= 0.6 is 0 Å². The molecule has 11 rings (SSSR count). The number of aliphatic hydroxyl groups is 2. The van der Waals surface area contributed by atoms with Gasteiger partial charge in [-0.05, 0) is 71.5 Å². The van der Waals surface area contributed by atoms with Gasteiger partial charge in [-0.3, -0.25) is 9.97 Å². The number of aromatic nitrogens is 2. The van der Waals surface area contributed by atoms with Crippen LogP contribution in [0.4, 0.5) is 17.6 Å². The van der Waals surface area contributed by atoms with Crippen LogP contribution in [0.2, 0.25) is 0 Å². The van der Waals surface area contributed by atoms with E-state index in [9.17, 15) is 10.2 Å². The average Bonchev–Trinajstić information content (AvgIpc) is 3.29. The Hall–Kier alpha value is -4.88. The lowest BCUT2D eigenvalue weighted by atomic mass is 9.71. The zero-order chi connectivity index (χ0) is 42.1. The Balaban J connectivity index is 1.09. The van der Waals surface area contributed by atoms with Gasteiger partial charge in [-0.1, -0.05) is 12.2 Å². The lowest BCUT2D eigenvalue weighted by Crippen LogP contribution is -2.68. The molecule has 6 aliphatic heterocycles. The molecule has 2 aromatic heterocycles. The SMILES string of the molecule is C=C[C@@H]1C[N@+]2(Cc3c(F)c(F)c(C[N@@+]45CC[C@@H](C[C@H]4[C@H](O)c4ccnc6ccc(OC)cc46)[C@@H](C=C)C5)c(F)c3F)CC[C@H]1C[C@H]2[C@H](O)c1ccnc2ccc(OC)cc12. The van der Waals surface area contributed by atoms with E-state index in [0.717, 1.165) is 0 Å². The Morgan fingerprint density at radius 1 is 0.667 bits per heavy atom. The molecule has 0 saturated carbocycles. The predicted octanol–water partition coefficient (Wildman–Crippen LogP) is 8.65. The van der Waals surface area contributed by atoms with Gasteiger partial charge >= 0.3 is 0 Å². The summed E-state index contributed by atoms with van der Waals surface area (Å²) in [6.45, 7) is 9.15. The summed E-state index contributed by atoms with van der Waals surface area (Å²) in [7, 11) is 3.11. The molecule has 8 heterocycles. The van der Waals surface area contributed by atoms with E-state index in [1.807, 2.05) is 36.4 Å². The molecular formula is C48H52F4N4O4+2. The van der Waals surface area contributed by atoms with E-state index < -0.39 is 58.7 Å². The molecule has 8 nitrogen and oxygen atoms in total. The smallest absolute Gasteiger partial charge is 0.171 e. The predicted molar refractivity (Wildman–Crippen MR) is 221 cm³/mol. The number of fused-ring (bicyclic) bond motifs is 8. The van der Waals surface area contributed by atoms with Crippen LogP contribution in [0.25, 0.3) is 21.8 Å². The quantitative estimate of drug-likeness (QED) is 0.0568. The standard InChI is InChI=1S/C48H52F4N4O4/c1-5-27-23-55(17-13-29(27)19-41(55)47(57)33-11-15-53-39-9-7-31(59-3)21-35(33)39)25-37-43(49)45(51)38(46(52)44(37)50)26-56-18-14-30(28(6-2)24-56)20-42(56)48(58)34-12-16-54-40-10-8-32(60-4)22-36(34)40/h5-12,15-16,21-22,27-30,41-42,47-48,57-58H,1-2,13-14,17-20,23-26H2,3-4H3/q+2/t27-,28+,29-,30-,41-,42-,47+,48+,55-,56-/m0/s1. The van der Waals surface area contributed by atoms with Gasteiger partial charge in [0, 0.05) is 60.7 Å². The molecular weight excluding hydrogens is 773 g/mol. The molecule has 0 radical (unpaired) electrons. The lowest BCUT2D eigenvalue weighted by Gasteiger charge is -2.58. The summed E-state index contributed by atoms with van der Waals surface area (Å²) in [5, 5.41) is 25.9. The normalized spacial score (nSPS) is 29.4. The second-order valence-electron chi connectivity index (χ2n) is 17.7. The van der Waals surface area contributed by atoms with Gasteiger partial charge < -0.3 is 28.7 Å². The molecule has 6 aliphatic rings. The monoisotopic (exact) mass is 824 g/mol. The fourth-order valence-corrected chi connectivity index (χ4v) is 11.9. The van der Waals surface area contributed by atoms with Crippen molar-refractivity contribution in [3.63, 3.8) is 0 Å². The molecule has 4 bridgehead atoms. The van der Waals surface area contributed by atoms with Crippen LogP contribution in [0.15, 0.2) is 86.2 Å². The molecule has 12 heteroatoms. The summed E-state index contributed by atoms with van der Waals surface area (Å²) in [5.74, 6) is -4.12. The van der Waals surface area contributed by atoms with Crippen LogP contribution in [0.3, 0.4) is 0 Å². The number of ether oxygens (including phenoxy) is 2. The molecule has 3 aromatic carbocycles. The third-order valence-electron chi connectivity index (χ3n) is 15.1. The maximum Gasteiger partial charge on any atom is 0.171 e. The number of pyridine rings is 2. The summed E-state index contributed by atoms with van der Waals surface area (Å²) in [6, 6.07) is 13.3. The van der Waals surface area contributed by atoms with Gasteiger partial charge in [-0.25, -0.2) is 17.6 Å². The molecule has 2 N–H and O–H groups in total. The minimum atomic E-state index is -1.42. The highest BCUT2D eigenvalue weighted by Crippen LogP contribution is 2.51. The van der Waals surface area contributed by atoms with Gasteiger partial charge in [-0.15, -0.1) is 13.2 Å². The van der Waals surface area contributed by atoms with Crippen LogP contribution in [-0.4, -0.2) is 81.6 Å². The molecule has 10 atom stereocenters. The third kappa shape index (κ3) is 6.49. The van der Waals surface area contributed by atoms with Crippen molar-refractivity contribution >= 4 is 21.8 Å². The Labute approximate surface area is 347 Å². The first kappa shape index (κ1) is 40.5. The highest BCUT2D eigenvalue weighted by atomic mass is 19.2. The number of methoxy groups -OCH3 is 2. The topological polar surface area (TPSA) is 84.7 Å². The Bertz CT molecular complexity index is 2300.